The van der Waals surface area contributed by atoms with Gasteiger partial charge in [0.15, 0.2) is 0 Å². The number of carbonyl (C=O) groups excluding carboxylic acids is 2. The maximum Gasteiger partial charge on any atom is 0.340 e. The summed E-state index contributed by atoms with van der Waals surface area (Å²) in [4.78, 5) is 27.4. The van der Waals surface area contributed by atoms with Crippen LogP contribution in [0.4, 0.5) is 11.4 Å². The molecular weight excluding hydrogens is 384 g/mol. The second-order valence-electron chi connectivity index (χ2n) is 6.88. The smallest absolute Gasteiger partial charge is 0.340 e. The number of ether oxygens (including phenoxy) is 3. The molecule has 0 aromatic heterocycles. The van der Waals surface area contributed by atoms with Gasteiger partial charge in [0.25, 0.3) is 5.91 Å². The number of hydrogen-bond acceptors (Lipinski definition) is 6. The number of morpholine rings is 1. The van der Waals surface area contributed by atoms with Gasteiger partial charge in [-0.05, 0) is 49.7 Å². The van der Waals surface area contributed by atoms with Crippen molar-refractivity contribution in [3.8, 4) is 5.75 Å². The molecule has 0 saturated carbocycles. The van der Waals surface area contributed by atoms with E-state index in [1.807, 2.05) is 19.1 Å². The molecule has 160 valence electrons. The van der Waals surface area contributed by atoms with Gasteiger partial charge in [0.1, 0.15) is 5.75 Å². The first-order valence-corrected chi connectivity index (χ1v) is 10.3. The number of esters is 1. The molecule has 1 aliphatic rings. The van der Waals surface area contributed by atoms with Crippen LogP contribution in [0, 0.1) is 0 Å². The number of rotatable bonds is 8. The Bertz CT molecular complexity index is 878. The molecule has 0 aliphatic carbocycles. The van der Waals surface area contributed by atoms with E-state index in [0.717, 1.165) is 12.1 Å². The minimum absolute atomic E-state index is 0.272. The quantitative estimate of drug-likeness (QED) is 0.666. The van der Waals surface area contributed by atoms with Gasteiger partial charge >= 0.3 is 5.97 Å². The molecule has 0 atom stereocenters. The van der Waals surface area contributed by atoms with Crippen molar-refractivity contribution in [1.29, 1.82) is 0 Å². The molecule has 0 bridgehead atoms. The van der Waals surface area contributed by atoms with Crippen LogP contribution in [0.25, 0.3) is 0 Å². The molecular formula is C23H28N2O5. The minimum Gasteiger partial charge on any atom is -0.494 e. The van der Waals surface area contributed by atoms with E-state index in [1.165, 1.54) is 0 Å². The van der Waals surface area contributed by atoms with Crippen LogP contribution in [-0.2, 0) is 9.47 Å². The molecule has 1 aliphatic heterocycles. The van der Waals surface area contributed by atoms with Crippen molar-refractivity contribution < 1.29 is 23.8 Å². The molecule has 1 saturated heterocycles. The molecule has 1 amide bonds. The second kappa shape index (κ2) is 10.6. The maximum absolute atomic E-state index is 12.7. The lowest BCUT2D eigenvalue weighted by Crippen LogP contribution is -2.37. The second-order valence-corrected chi connectivity index (χ2v) is 6.88. The van der Waals surface area contributed by atoms with Crippen LogP contribution in [0.3, 0.4) is 0 Å². The van der Waals surface area contributed by atoms with E-state index in [1.54, 1.807) is 37.3 Å². The van der Waals surface area contributed by atoms with Crippen LogP contribution in [0.15, 0.2) is 42.5 Å². The van der Waals surface area contributed by atoms with Gasteiger partial charge in [-0.1, -0.05) is 13.0 Å². The van der Waals surface area contributed by atoms with Crippen molar-refractivity contribution in [2.45, 2.75) is 20.3 Å². The van der Waals surface area contributed by atoms with Crippen molar-refractivity contribution in [2.75, 3.05) is 49.7 Å². The minimum atomic E-state index is -0.412. The monoisotopic (exact) mass is 412 g/mol. The highest BCUT2D eigenvalue weighted by Crippen LogP contribution is 2.27. The lowest BCUT2D eigenvalue weighted by molar-refractivity contribution is 0.0526. The highest BCUT2D eigenvalue weighted by molar-refractivity contribution is 6.05. The fourth-order valence-corrected chi connectivity index (χ4v) is 3.22. The van der Waals surface area contributed by atoms with Gasteiger partial charge in [-0.25, -0.2) is 4.79 Å². The highest BCUT2D eigenvalue weighted by Gasteiger charge is 2.21. The van der Waals surface area contributed by atoms with Gasteiger partial charge in [-0.15, -0.1) is 0 Å². The van der Waals surface area contributed by atoms with E-state index >= 15 is 0 Å². The van der Waals surface area contributed by atoms with Gasteiger partial charge in [0.05, 0.1) is 37.7 Å². The number of benzene rings is 2. The Labute approximate surface area is 176 Å². The normalized spacial score (nSPS) is 13.6. The van der Waals surface area contributed by atoms with Crippen LogP contribution < -0.4 is 15.0 Å². The predicted octanol–water partition coefficient (Wildman–Crippen LogP) is 3.74. The third-order valence-corrected chi connectivity index (χ3v) is 4.67. The summed E-state index contributed by atoms with van der Waals surface area (Å²) < 4.78 is 16.2. The third kappa shape index (κ3) is 5.51. The summed E-state index contributed by atoms with van der Waals surface area (Å²) in [7, 11) is 0. The SMILES string of the molecule is CCCOc1cccc(C(=O)Nc2ccc(N3CCOCC3)c(C(=O)OCC)c2)c1. The Kier molecular flexibility index (Phi) is 7.68. The summed E-state index contributed by atoms with van der Waals surface area (Å²) >= 11 is 0. The van der Waals surface area contributed by atoms with Crippen molar-refractivity contribution in [2.24, 2.45) is 0 Å². The van der Waals surface area contributed by atoms with E-state index in [4.69, 9.17) is 14.2 Å². The molecule has 1 fully saturated rings. The molecule has 2 aromatic carbocycles. The average Bonchev–Trinajstić information content (AvgIpc) is 2.78. The molecule has 1 heterocycles. The lowest BCUT2D eigenvalue weighted by Gasteiger charge is -2.30. The fourth-order valence-electron chi connectivity index (χ4n) is 3.22. The Morgan fingerprint density at radius 1 is 1.10 bits per heavy atom. The Morgan fingerprint density at radius 3 is 2.63 bits per heavy atom. The van der Waals surface area contributed by atoms with Crippen molar-refractivity contribution in [3.05, 3.63) is 53.6 Å². The molecule has 30 heavy (non-hydrogen) atoms. The zero-order chi connectivity index (χ0) is 21.3. The Hall–Kier alpha value is -3.06. The zero-order valence-corrected chi connectivity index (χ0v) is 17.5. The Morgan fingerprint density at radius 2 is 1.90 bits per heavy atom. The van der Waals surface area contributed by atoms with Gasteiger partial charge in [-0.3, -0.25) is 4.79 Å². The van der Waals surface area contributed by atoms with Crippen molar-refractivity contribution in [1.82, 2.24) is 0 Å². The van der Waals surface area contributed by atoms with Crippen LogP contribution in [0.1, 0.15) is 41.0 Å². The fraction of sp³-hybridized carbons (Fsp3) is 0.391. The summed E-state index contributed by atoms with van der Waals surface area (Å²) in [6.45, 7) is 7.28. The van der Waals surface area contributed by atoms with Crippen molar-refractivity contribution in [3.63, 3.8) is 0 Å². The van der Waals surface area contributed by atoms with E-state index in [0.29, 0.717) is 55.5 Å². The van der Waals surface area contributed by atoms with E-state index in [9.17, 15) is 9.59 Å². The number of carbonyl (C=O) groups is 2. The van der Waals surface area contributed by atoms with Gasteiger partial charge in [0.2, 0.25) is 0 Å². The molecule has 2 aromatic rings. The summed E-state index contributed by atoms with van der Waals surface area (Å²) in [6, 6.07) is 12.3. The summed E-state index contributed by atoms with van der Waals surface area (Å²) in [5, 5.41) is 2.86. The summed E-state index contributed by atoms with van der Waals surface area (Å²) in [5.74, 6) is -0.0321. The van der Waals surface area contributed by atoms with Crippen LogP contribution in [0.5, 0.6) is 5.75 Å². The zero-order valence-electron chi connectivity index (χ0n) is 17.5. The first-order chi connectivity index (χ1) is 14.6. The highest BCUT2D eigenvalue weighted by atomic mass is 16.5. The van der Waals surface area contributed by atoms with Crippen molar-refractivity contribution >= 4 is 23.3 Å². The van der Waals surface area contributed by atoms with Gasteiger partial charge in [0, 0.05) is 24.3 Å². The Balaban J connectivity index is 1.81. The van der Waals surface area contributed by atoms with E-state index in [-0.39, 0.29) is 12.5 Å². The molecule has 0 radical (unpaired) electrons. The number of anilines is 2. The van der Waals surface area contributed by atoms with E-state index < -0.39 is 5.97 Å². The van der Waals surface area contributed by atoms with Crippen LogP contribution >= 0.6 is 0 Å². The molecule has 7 heteroatoms. The average molecular weight is 412 g/mol. The first-order valence-electron chi connectivity index (χ1n) is 10.3. The number of hydrogen-bond donors (Lipinski definition) is 1. The molecule has 7 nitrogen and oxygen atoms in total. The topological polar surface area (TPSA) is 77.1 Å². The third-order valence-electron chi connectivity index (χ3n) is 4.67. The predicted molar refractivity (Wildman–Crippen MR) is 116 cm³/mol. The van der Waals surface area contributed by atoms with Gasteiger partial charge < -0.3 is 24.4 Å². The lowest BCUT2D eigenvalue weighted by atomic mass is 10.1. The number of amides is 1. The van der Waals surface area contributed by atoms with Crippen LogP contribution in [0.2, 0.25) is 0 Å². The van der Waals surface area contributed by atoms with E-state index in [2.05, 4.69) is 10.2 Å². The summed E-state index contributed by atoms with van der Waals surface area (Å²) in [5.41, 5.74) is 2.22. The first kappa shape index (κ1) is 21.6. The van der Waals surface area contributed by atoms with Crippen LogP contribution in [-0.4, -0.2) is 51.4 Å². The maximum atomic E-state index is 12.7. The number of nitrogens with zero attached hydrogens (tertiary/aromatic N) is 1. The summed E-state index contributed by atoms with van der Waals surface area (Å²) in [6.07, 6.45) is 0.891. The molecule has 3 rings (SSSR count). The molecule has 0 spiro atoms. The largest absolute Gasteiger partial charge is 0.494 e. The standard InChI is InChI=1S/C23H28N2O5/c1-3-12-30-19-7-5-6-17(15-19)22(26)24-18-8-9-21(25-10-13-28-14-11-25)20(16-18)23(27)29-4-2/h5-9,15-16H,3-4,10-14H2,1-2H3,(H,24,26). The molecule has 0 unspecified atom stereocenters. The molecule has 1 N–H and O–H groups in total. The van der Waals surface area contributed by atoms with Gasteiger partial charge in [-0.2, -0.15) is 0 Å². The number of nitrogens with one attached hydrogen (secondary N) is 1.